The fraction of sp³-hybridized carbons (Fsp3) is 0.286. The van der Waals surface area contributed by atoms with Crippen LogP contribution in [0.4, 0.5) is 0 Å². The van der Waals surface area contributed by atoms with Crippen LogP contribution in [-0.4, -0.2) is 30.7 Å². The van der Waals surface area contributed by atoms with Gasteiger partial charge in [0.2, 0.25) is 0 Å². The second kappa shape index (κ2) is 9.51. The Morgan fingerprint density at radius 1 is 0.808 bits per heavy atom. The fourth-order valence-corrected chi connectivity index (χ4v) is 2.30. The largest absolute Gasteiger partial charge is 0.494 e. The van der Waals surface area contributed by atoms with Crippen molar-refractivity contribution in [3.05, 3.63) is 65.2 Å². The standard InChI is InChI=1S/C21H22O5/c1-3-25-18-10-8-17(9-11-18)20(23)14-26-21(24)13-12-19(22)16-6-4-15(2)5-7-16/h4-11H,3,12-14H2,1-2H3. The SMILES string of the molecule is CCOc1ccc(C(=O)COC(=O)CCC(=O)c2ccc(C)cc2)cc1. The van der Waals surface area contributed by atoms with Gasteiger partial charge in [-0.15, -0.1) is 0 Å². The highest BCUT2D eigenvalue weighted by Gasteiger charge is 2.13. The van der Waals surface area contributed by atoms with Gasteiger partial charge in [-0.25, -0.2) is 0 Å². The molecule has 0 bridgehead atoms. The molecule has 2 aromatic carbocycles. The van der Waals surface area contributed by atoms with Crippen LogP contribution in [0.3, 0.4) is 0 Å². The van der Waals surface area contributed by atoms with Crippen molar-refractivity contribution in [3.63, 3.8) is 0 Å². The first-order valence-corrected chi connectivity index (χ1v) is 8.51. The molecule has 0 N–H and O–H groups in total. The summed E-state index contributed by atoms with van der Waals surface area (Å²) in [4.78, 5) is 35.8. The van der Waals surface area contributed by atoms with Crippen molar-refractivity contribution in [1.82, 2.24) is 0 Å². The van der Waals surface area contributed by atoms with Crippen LogP contribution in [0.2, 0.25) is 0 Å². The quantitative estimate of drug-likeness (QED) is 0.506. The highest BCUT2D eigenvalue weighted by molar-refractivity contribution is 5.99. The number of Topliss-reactive ketones (excluding diaryl/α,β-unsaturated/α-hetero) is 2. The highest BCUT2D eigenvalue weighted by Crippen LogP contribution is 2.13. The summed E-state index contributed by atoms with van der Waals surface area (Å²) in [6.07, 6.45) is 0.00239. The Morgan fingerprint density at radius 3 is 2.00 bits per heavy atom. The van der Waals surface area contributed by atoms with E-state index in [1.54, 1.807) is 36.4 Å². The Kier molecular flexibility index (Phi) is 7.09. The van der Waals surface area contributed by atoms with Gasteiger partial charge < -0.3 is 9.47 Å². The number of hydrogen-bond donors (Lipinski definition) is 0. The number of carbonyl (C=O) groups is 3. The molecule has 0 radical (unpaired) electrons. The number of esters is 1. The van der Waals surface area contributed by atoms with E-state index in [1.807, 2.05) is 26.0 Å². The summed E-state index contributed by atoms with van der Waals surface area (Å²) < 4.78 is 10.3. The van der Waals surface area contributed by atoms with E-state index in [-0.39, 0.29) is 31.0 Å². The Balaban J connectivity index is 1.76. The molecule has 0 fully saturated rings. The third-order valence-electron chi connectivity index (χ3n) is 3.78. The lowest BCUT2D eigenvalue weighted by atomic mass is 10.1. The van der Waals surface area contributed by atoms with E-state index in [9.17, 15) is 14.4 Å². The third-order valence-corrected chi connectivity index (χ3v) is 3.78. The molecule has 0 aliphatic rings. The van der Waals surface area contributed by atoms with Crippen molar-refractivity contribution < 1.29 is 23.9 Å². The number of ether oxygens (including phenoxy) is 2. The smallest absolute Gasteiger partial charge is 0.306 e. The molecule has 0 aliphatic carbocycles. The summed E-state index contributed by atoms with van der Waals surface area (Å²) in [6.45, 7) is 4.02. The van der Waals surface area contributed by atoms with Crippen molar-refractivity contribution in [1.29, 1.82) is 0 Å². The normalized spacial score (nSPS) is 10.2. The van der Waals surface area contributed by atoms with Crippen molar-refractivity contribution in [2.75, 3.05) is 13.2 Å². The van der Waals surface area contributed by atoms with Gasteiger partial charge in [0.25, 0.3) is 0 Å². The molecule has 0 aromatic heterocycles. The lowest BCUT2D eigenvalue weighted by Crippen LogP contribution is -2.15. The maximum atomic E-state index is 12.0. The Labute approximate surface area is 152 Å². The zero-order chi connectivity index (χ0) is 18.9. The van der Waals surface area contributed by atoms with Gasteiger partial charge in [-0.2, -0.15) is 0 Å². The average molecular weight is 354 g/mol. The Bertz CT molecular complexity index is 760. The molecule has 0 aliphatic heterocycles. The second-order valence-electron chi connectivity index (χ2n) is 5.83. The minimum atomic E-state index is -0.565. The summed E-state index contributed by atoms with van der Waals surface area (Å²) in [7, 11) is 0. The Hall–Kier alpha value is -2.95. The van der Waals surface area contributed by atoms with Gasteiger partial charge in [0.05, 0.1) is 13.0 Å². The minimum absolute atomic E-state index is 0.0523. The van der Waals surface area contributed by atoms with Gasteiger partial charge >= 0.3 is 5.97 Å². The number of benzene rings is 2. The molecule has 0 spiro atoms. The van der Waals surface area contributed by atoms with Gasteiger partial charge in [0, 0.05) is 17.5 Å². The number of carbonyl (C=O) groups excluding carboxylic acids is 3. The first kappa shape index (κ1) is 19.4. The number of ketones is 2. The molecule has 5 heteroatoms. The molecule has 2 rings (SSSR count). The van der Waals surface area contributed by atoms with Crippen LogP contribution in [0.1, 0.15) is 46.0 Å². The Morgan fingerprint density at radius 2 is 1.38 bits per heavy atom. The predicted octanol–water partition coefficient (Wildman–Crippen LogP) is 3.78. The highest BCUT2D eigenvalue weighted by atomic mass is 16.5. The first-order chi connectivity index (χ1) is 12.5. The maximum absolute atomic E-state index is 12.0. The van der Waals surface area contributed by atoms with Crippen molar-refractivity contribution in [3.8, 4) is 5.75 Å². The molecule has 0 heterocycles. The minimum Gasteiger partial charge on any atom is -0.494 e. The molecule has 136 valence electrons. The summed E-state index contributed by atoms with van der Waals surface area (Å²) in [5.74, 6) is -0.313. The molecule has 26 heavy (non-hydrogen) atoms. The zero-order valence-corrected chi connectivity index (χ0v) is 15.0. The van der Waals surface area contributed by atoms with E-state index in [0.717, 1.165) is 5.56 Å². The lowest BCUT2D eigenvalue weighted by Gasteiger charge is -2.06. The molecular weight excluding hydrogens is 332 g/mol. The van der Waals surface area contributed by atoms with Crippen LogP contribution < -0.4 is 4.74 Å². The van der Waals surface area contributed by atoms with Gasteiger partial charge in [-0.3, -0.25) is 14.4 Å². The van der Waals surface area contributed by atoms with Gasteiger partial charge in [-0.1, -0.05) is 29.8 Å². The van der Waals surface area contributed by atoms with Gasteiger partial charge in [0.15, 0.2) is 18.2 Å². The van der Waals surface area contributed by atoms with E-state index in [4.69, 9.17) is 9.47 Å². The summed E-state index contributed by atoms with van der Waals surface area (Å²) in [6, 6.07) is 13.8. The van der Waals surface area contributed by atoms with E-state index < -0.39 is 5.97 Å². The number of hydrogen-bond acceptors (Lipinski definition) is 5. The molecule has 5 nitrogen and oxygen atoms in total. The van der Waals surface area contributed by atoms with Crippen LogP contribution in [0.25, 0.3) is 0 Å². The molecule has 0 unspecified atom stereocenters. The monoisotopic (exact) mass is 354 g/mol. The van der Waals surface area contributed by atoms with Crippen molar-refractivity contribution >= 4 is 17.5 Å². The van der Waals surface area contributed by atoms with E-state index in [0.29, 0.717) is 23.5 Å². The molecular formula is C21H22O5. The topological polar surface area (TPSA) is 69.7 Å². The second-order valence-corrected chi connectivity index (χ2v) is 5.83. The van der Waals surface area contributed by atoms with Gasteiger partial charge in [0.1, 0.15) is 5.75 Å². The molecule has 0 saturated carbocycles. The number of rotatable bonds is 9. The number of aryl methyl sites for hydroxylation is 1. The van der Waals surface area contributed by atoms with E-state index in [2.05, 4.69) is 0 Å². The lowest BCUT2D eigenvalue weighted by molar-refractivity contribution is -0.142. The summed E-state index contributed by atoms with van der Waals surface area (Å²) >= 11 is 0. The van der Waals surface area contributed by atoms with Crippen molar-refractivity contribution in [2.45, 2.75) is 26.7 Å². The molecule has 0 saturated heterocycles. The fourth-order valence-electron chi connectivity index (χ4n) is 2.30. The molecule has 0 atom stereocenters. The van der Waals surface area contributed by atoms with Crippen molar-refractivity contribution in [2.24, 2.45) is 0 Å². The predicted molar refractivity (Wildman–Crippen MR) is 97.6 cm³/mol. The first-order valence-electron chi connectivity index (χ1n) is 8.51. The zero-order valence-electron chi connectivity index (χ0n) is 15.0. The average Bonchev–Trinajstić information content (AvgIpc) is 2.65. The third kappa shape index (κ3) is 5.84. The van der Waals surface area contributed by atoms with E-state index in [1.165, 1.54) is 0 Å². The van der Waals surface area contributed by atoms with Crippen LogP contribution in [-0.2, 0) is 9.53 Å². The molecule has 2 aromatic rings. The van der Waals surface area contributed by atoms with Gasteiger partial charge in [-0.05, 0) is 38.1 Å². The van der Waals surface area contributed by atoms with E-state index >= 15 is 0 Å². The van der Waals surface area contributed by atoms with Crippen LogP contribution >= 0.6 is 0 Å². The summed E-state index contributed by atoms with van der Waals surface area (Å²) in [5.41, 5.74) is 2.07. The van der Waals surface area contributed by atoms with Crippen LogP contribution in [0, 0.1) is 6.92 Å². The maximum Gasteiger partial charge on any atom is 0.306 e. The summed E-state index contributed by atoms with van der Waals surface area (Å²) in [5, 5.41) is 0. The van der Waals surface area contributed by atoms with Crippen LogP contribution in [0.15, 0.2) is 48.5 Å². The molecule has 0 amide bonds. The van der Waals surface area contributed by atoms with Crippen LogP contribution in [0.5, 0.6) is 5.75 Å².